The highest BCUT2D eigenvalue weighted by atomic mass is 16.3. The fraction of sp³-hybridized carbons (Fsp3) is 0.176. The number of carbonyl (C=O) groups is 1. The average Bonchev–Trinajstić information content (AvgIpc) is 2.61. The quantitative estimate of drug-likeness (QED) is 0.412. The lowest BCUT2D eigenvalue weighted by Gasteiger charge is -2.10. The van der Waals surface area contributed by atoms with E-state index in [1.165, 1.54) is 6.08 Å². The number of nitrogens with zero attached hydrogens (tertiary/aromatic N) is 2. The smallest absolute Gasteiger partial charge is 0.331 e. The van der Waals surface area contributed by atoms with Gasteiger partial charge in [-0.15, -0.1) is 6.58 Å². The third-order valence-corrected chi connectivity index (χ3v) is 3.44. The Labute approximate surface area is 143 Å². The summed E-state index contributed by atoms with van der Waals surface area (Å²) >= 11 is 0. The van der Waals surface area contributed by atoms with Gasteiger partial charge in [0.15, 0.2) is 0 Å². The summed E-state index contributed by atoms with van der Waals surface area (Å²) in [6.07, 6.45) is 1.65. The third-order valence-electron chi connectivity index (χ3n) is 3.44. The summed E-state index contributed by atoms with van der Waals surface area (Å²) in [4.78, 5) is 38.0. The first-order valence-corrected chi connectivity index (χ1v) is 7.58. The highest BCUT2D eigenvalue weighted by Crippen LogP contribution is 2.13. The van der Waals surface area contributed by atoms with Crippen LogP contribution in [0.1, 0.15) is 29.3 Å². The summed E-state index contributed by atoms with van der Waals surface area (Å²) in [6, 6.07) is 8.43. The number of H-pyrrole nitrogens is 1. The Morgan fingerprint density at radius 1 is 1.36 bits per heavy atom. The molecule has 0 aliphatic heterocycles. The van der Waals surface area contributed by atoms with Crippen LogP contribution in [-0.2, 0) is 6.54 Å². The second-order valence-electron chi connectivity index (χ2n) is 5.08. The molecule has 0 unspecified atom stereocenters. The van der Waals surface area contributed by atoms with Gasteiger partial charge < -0.3 is 5.11 Å². The normalized spacial score (nSPS) is 11.2. The molecule has 0 fully saturated rings. The monoisotopic (exact) mass is 342 g/mol. The number of hydrogen-bond donors (Lipinski definition) is 3. The molecule has 0 spiro atoms. The van der Waals surface area contributed by atoms with Crippen molar-refractivity contribution in [2.24, 2.45) is 5.10 Å². The Balaban J connectivity index is 2.42. The lowest BCUT2D eigenvalue weighted by atomic mass is 10.1. The molecule has 130 valence electrons. The Kier molecular flexibility index (Phi) is 5.67. The number of allylic oxidation sites excluding steroid dienone is 1. The topological polar surface area (TPSA) is 117 Å². The molecule has 0 aliphatic carbocycles. The largest absolute Gasteiger partial charge is 0.494 e. The zero-order valence-corrected chi connectivity index (χ0v) is 13.7. The number of benzene rings is 1. The first-order chi connectivity index (χ1) is 12.0. The Bertz CT molecular complexity index is 926. The summed E-state index contributed by atoms with van der Waals surface area (Å²) in [7, 11) is 0. The van der Waals surface area contributed by atoms with Crippen molar-refractivity contribution in [2.75, 3.05) is 0 Å². The SMILES string of the molecule is C=CCn1c(O)c(C(CC)=NNC(=O)c2ccccc2)c(=O)[nH]c1=O. The number of hydrogen-bond acceptors (Lipinski definition) is 5. The summed E-state index contributed by atoms with van der Waals surface area (Å²) in [5, 5.41) is 14.2. The average molecular weight is 342 g/mol. The molecule has 2 aromatic rings. The van der Waals surface area contributed by atoms with Crippen LogP contribution in [0.5, 0.6) is 5.88 Å². The van der Waals surface area contributed by atoms with Crippen molar-refractivity contribution in [1.82, 2.24) is 15.0 Å². The van der Waals surface area contributed by atoms with Crippen LogP contribution in [0.15, 0.2) is 57.7 Å². The van der Waals surface area contributed by atoms with E-state index in [4.69, 9.17) is 0 Å². The van der Waals surface area contributed by atoms with Gasteiger partial charge in [-0.1, -0.05) is 31.2 Å². The van der Waals surface area contributed by atoms with E-state index in [1.54, 1.807) is 37.3 Å². The van der Waals surface area contributed by atoms with Crippen molar-refractivity contribution in [3.63, 3.8) is 0 Å². The van der Waals surface area contributed by atoms with Crippen molar-refractivity contribution in [3.8, 4) is 5.88 Å². The molecule has 0 bridgehead atoms. The van der Waals surface area contributed by atoms with E-state index in [2.05, 4.69) is 22.1 Å². The molecule has 1 amide bonds. The molecule has 1 heterocycles. The molecule has 8 heteroatoms. The van der Waals surface area contributed by atoms with Gasteiger partial charge in [0.2, 0.25) is 5.88 Å². The third kappa shape index (κ3) is 3.92. The van der Waals surface area contributed by atoms with E-state index in [-0.39, 0.29) is 24.2 Å². The molecular weight excluding hydrogens is 324 g/mol. The van der Waals surface area contributed by atoms with Gasteiger partial charge in [0, 0.05) is 12.1 Å². The number of amides is 1. The molecule has 8 nitrogen and oxygen atoms in total. The zero-order chi connectivity index (χ0) is 18.4. The molecular formula is C17H18N4O4. The second-order valence-corrected chi connectivity index (χ2v) is 5.08. The van der Waals surface area contributed by atoms with E-state index < -0.39 is 23.0 Å². The van der Waals surface area contributed by atoms with E-state index in [0.717, 1.165) is 4.57 Å². The molecule has 0 radical (unpaired) electrons. The maximum absolute atomic E-state index is 12.1. The van der Waals surface area contributed by atoms with Crippen molar-refractivity contribution in [3.05, 3.63) is 75.0 Å². The van der Waals surface area contributed by atoms with Crippen molar-refractivity contribution in [2.45, 2.75) is 19.9 Å². The summed E-state index contributed by atoms with van der Waals surface area (Å²) < 4.78 is 0.952. The van der Waals surface area contributed by atoms with Crippen LogP contribution in [0.25, 0.3) is 0 Å². The summed E-state index contributed by atoms with van der Waals surface area (Å²) in [6.45, 7) is 5.22. The van der Waals surface area contributed by atoms with Gasteiger partial charge in [-0.3, -0.25) is 19.1 Å². The molecule has 25 heavy (non-hydrogen) atoms. The number of aromatic amines is 1. The van der Waals surface area contributed by atoms with Crippen molar-refractivity contribution in [1.29, 1.82) is 0 Å². The molecule has 1 aromatic heterocycles. The van der Waals surface area contributed by atoms with Crippen LogP contribution in [0, 0.1) is 0 Å². The van der Waals surface area contributed by atoms with E-state index in [1.807, 2.05) is 0 Å². The number of hydrazone groups is 1. The zero-order valence-electron chi connectivity index (χ0n) is 13.7. The fourth-order valence-electron chi connectivity index (χ4n) is 2.20. The molecule has 2 rings (SSSR count). The van der Waals surface area contributed by atoms with Gasteiger partial charge in [0.05, 0.1) is 5.71 Å². The van der Waals surface area contributed by atoms with Crippen LogP contribution in [0.3, 0.4) is 0 Å². The molecule has 3 N–H and O–H groups in total. The molecule has 0 saturated heterocycles. The van der Waals surface area contributed by atoms with Gasteiger partial charge in [-0.2, -0.15) is 5.10 Å². The Morgan fingerprint density at radius 3 is 2.64 bits per heavy atom. The maximum atomic E-state index is 12.1. The standard InChI is InChI=1S/C17H18N4O4/c1-3-10-21-16(24)13(15(23)18-17(21)25)12(4-2)19-20-14(22)11-8-6-5-7-9-11/h3,5-9,24H,1,4,10H2,2H3,(H,20,22)(H,18,23,25). The molecule has 0 atom stereocenters. The van der Waals surface area contributed by atoms with Crippen LogP contribution in [0.2, 0.25) is 0 Å². The summed E-state index contributed by atoms with van der Waals surface area (Å²) in [5.74, 6) is -0.981. The Hall–Kier alpha value is -3.42. The van der Waals surface area contributed by atoms with Gasteiger partial charge in [-0.05, 0) is 18.6 Å². The maximum Gasteiger partial charge on any atom is 0.331 e. The van der Waals surface area contributed by atoms with Crippen molar-refractivity contribution < 1.29 is 9.90 Å². The minimum Gasteiger partial charge on any atom is -0.494 e. The minimum absolute atomic E-state index is 0.0157. The molecule has 0 saturated carbocycles. The fourth-order valence-corrected chi connectivity index (χ4v) is 2.20. The van der Waals surface area contributed by atoms with Gasteiger partial charge in [-0.25, -0.2) is 10.2 Å². The number of nitrogens with one attached hydrogen (secondary N) is 2. The van der Waals surface area contributed by atoms with E-state index >= 15 is 0 Å². The van der Waals surface area contributed by atoms with Gasteiger partial charge >= 0.3 is 5.69 Å². The van der Waals surface area contributed by atoms with Crippen LogP contribution >= 0.6 is 0 Å². The number of aromatic hydroxyl groups is 1. The first kappa shape index (κ1) is 17.9. The lowest BCUT2D eigenvalue weighted by molar-refractivity contribution is 0.0954. The van der Waals surface area contributed by atoms with Crippen molar-refractivity contribution >= 4 is 11.6 Å². The van der Waals surface area contributed by atoms with Crippen LogP contribution in [-0.4, -0.2) is 26.3 Å². The number of carbonyl (C=O) groups excluding carboxylic acids is 1. The van der Waals surface area contributed by atoms with E-state index in [0.29, 0.717) is 5.56 Å². The number of rotatable bonds is 6. The minimum atomic E-state index is -0.780. The molecule has 0 aliphatic rings. The van der Waals surface area contributed by atoms with Crippen LogP contribution in [0.4, 0.5) is 0 Å². The second kappa shape index (κ2) is 7.91. The lowest BCUT2D eigenvalue weighted by Crippen LogP contribution is -2.34. The van der Waals surface area contributed by atoms with Crippen LogP contribution < -0.4 is 16.7 Å². The van der Waals surface area contributed by atoms with Gasteiger partial charge in [0.25, 0.3) is 11.5 Å². The predicted molar refractivity (Wildman–Crippen MR) is 93.9 cm³/mol. The highest BCUT2D eigenvalue weighted by Gasteiger charge is 2.18. The Morgan fingerprint density at radius 2 is 2.04 bits per heavy atom. The highest BCUT2D eigenvalue weighted by molar-refractivity contribution is 6.03. The first-order valence-electron chi connectivity index (χ1n) is 7.58. The van der Waals surface area contributed by atoms with E-state index in [9.17, 15) is 19.5 Å². The number of aromatic nitrogens is 2. The predicted octanol–water partition coefficient (Wildman–Crippen LogP) is 0.972. The van der Waals surface area contributed by atoms with Gasteiger partial charge in [0.1, 0.15) is 5.56 Å². The molecule has 1 aromatic carbocycles. The summed E-state index contributed by atoms with van der Waals surface area (Å²) in [5.41, 5.74) is 1.18.